The van der Waals surface area contributed by atoms with E-state index in [0.29, 0.717) is 38.6 Å². The molecule has 0 aliphatic carbocycles. The van der Waals surface area contributed by atoms with E-state index in [9.17, 15) is 9.59 Å². The van der Waals surface area contributed by atoms with E-state index in [0.717, 1.165) is 19.5 Å². The molecule has 156 valence electrons. The summed E-state index contributed by atoms with van der Waals surface area (Å²) in [7, 11) is 0. The number of hydrogen-bond donors (Lipinski definition) is 0. The van der Waals surface area contributed by atoms with E-state index in [1.807, 2.05) is 29.2 Å². The number of aromatic nitrogens is 2. The molecular weight excluding hydrogens is 418 g/mol. The maximum absolute atomic E-state index is 13.3. The van der Waals surface area contributed by atoms with Crippen LogP contribution in [0, 0.1) is 11.8 Å². The number of hydrogen-bond acceptors (Lipinski definition) is 4. The molecule has 2 heterocycles. The monoisotopic (exact) mass is 441 g/mol. The Kier molecular flexibility index (Phi) is 6.16. The Balaban J connectivity index is 1.68. The van der Waals surface area contributed by atoms with Gasteiger partial charge in [0.15, 0.2) is 5.16 Å². The second kappa shape index (κ2) is 8.82. The van der Waals surface area contributed by atoms with Crippen molar-refractivity contribution in [3.8, 4) is 5.69 Å². The minimum Gasteiger partial charge on any atom is -0.341 e. The largest absolute Gasteiger partial charge is 0.341 e. The molecule has 0 spiro atoms. The van der Waals surface area contributed by atoms with Gasteiger partial charge in [-0.2, -0.15) is 0 Å². The molecule has 1 aliphatic rings. The van der Waals surface area contributed by atoms with Crippen LogP contribution in [0.15, 0.2) is 58.5 Å². The van der Waals surface area contributed by atoms with Crippen molar-refractivity contribution < 1.29 is 4.79 Å². The molecule has 1 aliphatic heterocycles. The number of rotatable bonds is 4. The molecule has 0 radical (unpaired) electrons. The number of carbonyl (C=O) groups is 1. The minimum absolute atomic E-state index is 0.0819. The van der Waals surface area contributed by atoms with E-state index in [2.05, 4.69) is 13.8 Å². The molecule has 1 aromatic heterocycles. The lowest BCUT2D eigenvalue weighted by Crippen LogP contribution is -2.43. The first-order valence-electron chi connectivity index (χ1n) is 10.1. The van der Waals surface area contributed by atoms with Crippen LogP contribution < -0.4 is 5.56 Å². The molecule has 2 aromatic carbocycles. The zero-order chi connectivity index (χ0) is 21.3. The summed E-state index contributed by atoms with van der Waals surface area (Å²) in [4.78, 5) is 32.8. The molecule has 30 heavy (non-hydrogen) atoms. The van der Waals surface area contributed by atoms with Gasteiger partial charge in [-0.1, -0.05) is 55.4 Å². The molecule has 3 aromatic rings. The Hall–Kier alpha value is -2.31. The van der Waals surface area contributed by atoms with Gasteiger partial charge in [-0.05, 0) is 48.6 Å². The van der Waals surface area contributed by atoms with Crippen molar-refractivity contribution in [1.82, 2.24) is 14.5 Å². The number of fused-ring (bicyclic) bond motifs is 1. The van der Waals surface area contributed by atoms with Gasteiger partial charge in [0.2, 0.25) is 5.91 Å². The topological polar surface area (TPSA) is 55.2 Å². The van der Waals surface area contributed by atoms with Crippen molar-refractivity contribution in [1.29, 1.82) is 0 Å². The zero-order valence-corrected chi connectivity index (χ0v) is 18.6. The smallest absolute Gasteiger partial charge is 0.266 e. The van der Waals surface area contributed by atoms with Crippen LogP contribution in [0.3, 0.4) is 0 Å². The van der Waals surface area contributed by atoms with Crippen molar-refractivity contribution in [2.45, 2.75) is 25.4 Å². The van der Waals surface area contributed by atoms with E-state index in [4.69, 9.17) is 16.6 Å². The fourth-order valence-electron chi connectivity index (χ4n) is 4.14. The van der Waals surface area contributed by atoms with Gasteiger partial charge in [0, 0.05) is 18.1 Å². The lowest BCUT2D eigenvalue weighted by Gasteiger charge is -2.35. The Labute approximate surface area is 185 Å². The molecular formula is C23H24ClN3O2S. The van der Waals surface area contributed by atoms with Gasteiger partial charge in [-0.15, -0.1) is 0 Å². The highest BCUT2D eigenvalue weighted by molar-refractivity contribution is 7.99. The zero-order valence-electron chi connectivity index (χ0n) is 17.0. The van der Waals surface area contributed by atoms with Crippen LogP contribution >= 0.6 is 23.4 Å². The number of para-hydroxylation sites is 1. The first-order valence-corrected chi connectivity index (χ1v) is 11.5. The summed E-state index contributed by atoms with van der Waals surface area (Å²) in [5.74, 6) is 1.33. The standard InChI is InChI=1S/C23H24ClN3O2S/c1-15-10-16(2)13-26(12-15)21(28)14-30-23-25-20-9-4-3-8-19(20)22(29)27(23)18-7-5-6-17(24)11-18/h3-9,11,15-16H,10,12-14H2,1-2H3. The van der Waals surface area contributed by atoms with Gasteiger partial charge >= 0.3 is 0 Å². The third kappa shape index (κ3) is 4.40. The summed E-state index contributed by atoms with van der Waals surface area (Å²) >= 11 is 7.47. The average molecular weight is 442 g/mol. The molecule has 4 rings (SSSR count). The molecule has 1 amide bonds. The first kappa shape index (κ1) is 20.9. The molecule has 2 unspecified atom stereocenters. The summed E-state index contributed by atoms with van der Waals surface area (Å²) in [5, 5.41) is 1.56. The van der Waals surface area contributed by atoms with Gasteiger partial charge < -0.3 is 4.90 Å². The Bertz CT molecular complexity index is 1140. The maximum atomic E-state index is 13.3. The molecule has 0 bridgehead atoms. The van der Waals surface area contributed by atoms with Crippen molar-refractivity contribution in [3.63, 3.8) is 0 Å². The van der Waals surface area contributed by atoms with Gasteiger partial charge in [-0.25, -0.2) is 4.98 Å². The van der Waals surface area contributed by atoms with E-state index in [1.165, 1.54) is 11.8 Å². The molecule has 1 fully saturated rings. The lowest BCUT2D eigenvalue weighted by molar-refractivity contribution is -0.130. The third-order valence-electron chi connectivity index (χ3n) is 5.36. The highest BCUT2D eigenvalue weighted by Gasteiger charge is 2.26. The number of likely N-dealkylation sites (tertiary alicyclic amines) is 1. The van der Waals surface area contributed by atoms with Crippen LogP contribution in [-0.2, 0) is 4.79 Å². The predicted molar refractivity (Wildman–Crippen MR) is 123 cm³/mol. The average Bonchev–Trinajstić information content (AvgIpc) is 2.71. The highest BCUT2D eigenvalue weighted by atomic mass is 35.5. The normalized spacial score (nSPS) is 19.2. The van der Waals surface area contributed by atoms with Gasteiger partial charge in [0.1, 0.15) is 0 Å². The number of benzene rings is 2. The number of nitrogens with zero attached hydrogens (tertiary/aromatic N) is 3. The van der Waals surface area contributed by atoms with Gasteiger partial charge in [0.25, 0.3) is 5.56 Å². The molecule has 7 heteroatoms. The van der Waals surface area contributed by atoms with Crippen LogP contribution in [0.4, 0.5) is 0 Å². The van der Waals surface area contributed by atoms with Crippen LogP contribution in [0.1, 0.15) is 20.3 Å². The molecule has 0 saturated carbocycles. The maximum Gasteiger partial charge on any atom is 0.266 e. The molecule has 0 N–H and O–H groups in total. The summed E-state index contributed by atoms with van der Waals surface area (Å²) < 4.78 is 1.55. The van der Waals surface area contributed by atoms with Crippen LogP contribution in [-0.4, -0.2) is 39.2 Å². The SMILES string of the molecule is CC1CC(C)CN(C(=O)CSc2nc3ccccc3c(=O)n2-c2cccc(Cl)c2)C1. The van der Waals surface area contributed by atoms with Crippen molar-refractivity contribution >= 4 is 40.2 Å². The predicted octanol–water partition coefficient (Wildman–Crippen LogP) is 4.64. The summed E-state index contributed by atoms with van der Waals surface area (Å²) in [5.41, 5.74) is 1.09. The Morgan fingerprint density at radius 1 is 1.13 bits per heavy atom. The fraction of sp³-hybridized carbons (Fsp3) is 0.348. The quantitative estimate of drug-likeness (QED) is 0.437. The van der Waals surface area contributed by atoms with Crippen molar-refractivity contribution in [3.05, 3.63) is 63.9 Å². The van der Waals surface area contributed by atoms with Crippen LogP contribution in [0.2, 0.25) is 5.02 Å². The lowest BCUT2D eigenvalue weighted by atomic mass is 9.92. The Morgan fingerprint density at radius 3 is 2.60 bits per heavy atom. The molecule has 2 atom stereocenters. The van der Waals surface area contributed by atoms with Crippen LogP contribution in [0.5, 0.6) is 0 Å². The second-order valence-corrected chi connectivity index (χ2v) is 9.44. The van der Waals surface area contributed by atoms with E-state index in [-0.39, 0.29) is 17.2 Å². The summed E-state index contributed by atoms with van der Waals surface area (Å²) in [6, 6.07) is 14.4. The fourth-order valence-corrected chi connectivity index (χ4v) is 5.24. The minimum atomic E-state index is -0.168. The van der Waals surface area contributed by atoms with E-state index < -0.39 is 0 Å². The van der Waals surface area contributed by atoms with Gasteiger partial charge in [-0.3, -0.25) is 14.2 Å². The number of halogens is 1. The van der Waals surface area contributed by atoms with E-state index >= 15 is 0 Å². The molecule has 1 saturated heterocycles. The second-order valence-electron chi connectivity index (χ2n) is 8.07. The Morgan fingerprint density at radius 2 is 1.87 bits per heavy atom. The number of carbonyl (C=O) groups excluding carboxylic acids is 1. The number of amides is 1. The van der Waals surface area contributed by atoms with Crippen molar-refractivity contribution in [2.24, 2.45) is 11.8 Å². The first-order chi connectivity index (χ1) is 14.4. The van der Waals surface area contributed by atoms with Crippen LogP contribution in [0.25, 0.3) is 16.6 Å². The van der Waals surface area contributed by atoms with E-state index in [1.54, 1.807) is 28.8 Å². The summed E-state index contributed by atoms with van der Waals surface area (Å²) in [6.07, 6.45) is 1.15. The summed E-state index contributed by atoms with van der Waals surface area (Å²) in [6.45, 7) is 5.95. The van der Waals surface area contributed by atoms with Gasteiger partial charge in [0.05, 0.1) is 22.3 Å². The van der Waals surface area contributed by atoms with Crippen molar-refractivity contribution in [2.75, 3.05) is 18.8 Å². The number of thioether (sulfide) groups is 1. The highest BCUT2D eigenvalue weighted by Crippen LogP contribution is 2.25. The molecule has 5 nitrogen and oxygen atoms in total. The number of piperidine rings is 1. The third-order valence-corrected chi connectivity index (χ3v) is 6.52.